The number of rotatable bonds is 2. The van der Waals surface area contributed by atoms with Gasteiger partial charge in [-0.25, -0.2) is 0 Å². The van der Waals surface area contributed by atoms with Crippen molar-refractivity contribution in [2.45, 2.75) is 13.1 Å². The van der Waals surface area contributed by atoms with E-state index in [0.717, 1.165) is 5.50 Å². The molecule has 0 aliphatic rings. The van der Waals surface area contributed by atoms with Crippen LogP contribution in [0, 0.1) is 0 Å². The van der Waals surface area contributed by atoms with Gasteiger partial charge in [0.25, 0.3) is 0 Å². The Morgan fingerprint density at radius 1 is 1.00 bits per heavy atom. The highest BCUT2D eigenvalue weighted by Gasteiger charge is 2.21. The van der Waals surface area contributed by atoms with Crippen molar-refractivity contribution in [1.82, 2.24) is 0 Å². The molecule has 2 rings (SSSR count). The van der Waals surface area contributed by atoms with Crippen molar-refractivity contribution in [1.29, 1.82) is 0 Å². The van der Waals surface area contributed by atoms with Crippen molar-refractivity contribution < 1.29 is 0 Å². The fourth-order valence-electron chi connectivity index (χ4n) is 1.69. The lowest BCUT2D eigenvalue weighted by Crippen LogP contribution is -2.43. The first kappa shape index (κ1) is 10.7. The molecular formula is C13H15ClSi. The maximum absolute atomic E-state index is 6.04. The second-order valence-electron chi connectivity index (χ2n) is 4.58. The van der Waals surface area contributed by atoms with Crippen LogP contribution in [0.25, 0.3) is 10.8 Å². The molecule has 0 spiro atoms. The largest absolute Gasteiger partial charge is 0.130 e. The fraction of sp³-hybridized carbons (Fsp3) is 0.231. The molecule has 2 aromatic carbocycles. The summed E-state index contributed by atoms with van der Waals surface area (Å²) < 4.78 is 0. The van der Waals surface area contributed by atoms with Crippen LogP contribution in [-0.4, -0.2) is 13.6 Å². The number of hydrogen-bond donors (Lipinski definition) is 0. The number of halogens is 1. The Balaban J connectivity index is 2.56. The van der Waals surface area contributed by atoms with E-state index in [-0.39, 0.29) is 0 Å². The summed E-state index contributed by atoms with van der Waals surface area (Å²) in [5, 5.41) is 4.07. The molecule has 2 aromatic rings. The Kier molecular flexibility index (Phi) is 2.85. The maximum atomic E-state index is 6.04. The second-order valence-corrected chi connectivity index (χ2v) is 9.99. The highest BCUT2D eigenvalue weighted by atomic mass is 35.5. The summed E-state index contributed by atoms with van der Waals surface area (Å²) in [4.78, 5) is 0. The van der Waals surface area contributed by atoms with Gasteiger partial charge in [-0.3, -0.25) is 0 Å². The molecule has 2 heteroatoms. The molecule has 0 N–H and O–H groups in total. The van der Waals surface area contributed by atoms with E-state index in [1.54, 1.807) is 0 Å². The summed E-state index contributed by atoms with van der Waals surface area (Å²) in [6.07, 6.45) is 0. The Morgan fingerprint density at radius 2 is 1.67 bits per heavy atom. The minimum atomic E-state index is -1.41. The van der Waals surface area contributed by atoms with Crippen LogP contribution in [0.2, 0.25) is 13.1 Å². The summed E-state index contributed by atoms with van der Waals surface area (Å²) in [6.45, 7) is 4.62. The fourth-order valence-corrected chi connectivity index (χ4v) is 3.39. The average Bonchev–Trinajstić information content (AvgIpc) is 2.28. The first-order valence-electron chi connectivity index (χ1n) is 5.19. The van der Waals surface area contributed by atoms with E-state index in [0.29, 0.717) is 0 Å². The molecule has 0 fully saturated rings. The minimum absolute atomic E-state index is 0.783. The van der Waals surface area contributed by atoms with Gasteiger partial charge in [0.1, 0.15) is 0 Å². The van der Waals surface area contributed by atoms with Gasteiger partial charge in [0.05, 0.1) is 8.07 Å². The molecule has 0 bridgehead atoms. The molecule has 0 aliphatic carbocycles. The topological polar surface area (TPSA) is 0 Å². The average molecular weight is 235 g/mol. The monoisotopic (exact) mass is 234 g/mol. The summed E-state index contributed by atoms with van der Waals surface area (Å²) in [6, 6.07) is 15.2. The standard InChI is InChI=1S/C13H15ClSi/c1-15(2,10-14)13-8-7-11-5-3-4-6-12(11)9-13/h3-9H,10H2,1-2H3. The van der Waals surface area contributed by atoms with Gasteiger partial charge in [0, 0.05) is 5.50 Å². The molecular weight excluding hydrogens is 220 g/mol. The van der Waals surface area contributed by atoms with Gasteiger partial charge >= 0.3 is 0 Å². The molecule has 0 aliphatic heterocycles. The smallest absolute Gasteiger partial charge is 0.0959 e. The predicted octanol–water partition coefficient (Wildman–Crippen LogP) is 3.53. The van der Waals surface area contributed by atoms with Gasteiger partial charge in [0.2, 0.25) is 0 Å². The minimum Gasteiger partial charge on any atom is -0.130 e. The van der Waals surface area contributed by atoms with E-state index in [9.17, 15) is 0 Å². The zero-order chi connectivity index (χ0) is 10.9. The van der Waals surface area contributed by atoms with Crippen molar-refractivity contribution in [3.63, 3.8) is 0 Å². The van der Waals surface area contributed by atoms with E-state index >= 15 is 0 Å². The van der Waals surface area contributed by atoms with Crippen LogP contribution in [0.5, 0.6) is 0 Å². The van der Waals surface area contributed by atoms with Crippen molar-refractivity contribution in [3.8, 4) is 0 Å². The molecule has 0 saturated carbocycles. The second kappa shape index (κ2) is 3.99. The highest BCUT2D eigenvalue weighted by molar-refractivity contribution is 6.94. The summed E-state index contributed by atoms with van der Waals surface area (Å²) in [5.41, 5.74) is 0.783. The van der Waals surface area contributed by atoms with Gasteiger partial charge in [0.15, 0.2) is 0 Å². The van der Waals surface area contributed by atoms with Gasteiger partial charge in [-0.15, -0.1) is 11.6 Å². The van der Waals surface area contributed by atoms with Crippen LogP contribution >= 0.6 is 11.6 Å². The van der Waals surface area contributed by atoms with Crippen molar-refractivity contribution >= 4 is 35.6 Å². The van der Waals surface area contributed by atoms with Gasteiger partial charge in [-0.1, -0.05) is 60.7 Å². The van der Waals surface area contributed by atoms with Crippen LogP contribution in [0.4, 0.5) is 0 Å². The summed E-state index contributed by atoms with van der Waals surface area (Å²) >= 11 is 6.04. The normalized spacial score (nSPS) is 11.9. The maximum Gasteiger partial charge on any atom is 0.0959 e. The molecule has 0 nitrogen and oxygen atoms in total. The first-order chi connectivity index (χ1) is 7.13. The Morgan fingerprint density at radius 3 is 2.33 bits per heavy atom. The number of hydrogen-bond acceptors (Lipinski definition) is 0. The van der Waals surface area contributed by atoms with Crippen LogP contribution in [0.1, 0.15) is 0 Å². The first-order valence-corrected chi connectivity index (χ1v) is 8.93. The molecule has 0 saturated heterocycles. The Bertz CT molecular complexity index is 477. The van der Waals surface area contributed by atoms with Gasteiger partial charge in [-0.2, -0.15) is 0 Å². The molecule has 0 heterocycles. The van der Waals surface area contributed by atoms with E-state index < -0.39 is 8.07 Å². The molecule has 0 unspecified atom stereocenters. The lowest BCUT2D eigenvalue weighted by Gasteiger charge is -2.19. The van der Waals surface area contributed by atoms with Gasteiger partial charge in [-0.05, 0) is 10.8 Å². The molecule has 78 valence electrons. The third kappa shape index (κ3) is 2.08. The van der Waals surface area contributed by atoms with E-state index in [1.807, 2.05) is 0 Å². The molecule has 15 heavy (non-hydrogen) atoms. The zero-order valence-electron chi connectivity index (χ0n) is 9.13. The third-order valence-corrected chi connectivity index (χ3v) is 7.41. The van der Waals surface area contributed by atoms with E-state index in [4.69, 9.17) is 11.6 Å². The SMILES string of the molecule is C[Si](C)(CCl)c1ccc2ccccc2c1. The van der Waals surface area contributed by atoms with Crippen molar-refractivity contribution in [3.05, 3.63) is 42.5 Å². The van der Waals surface area contributed by atoms with E-state index in [1.165, 1.54) is 16.0 Å². The number of fused-ring (bicyclic) bond motifs is 1. The molecule has 0 amide bonds. The van der Waals surface area contributed by atoms with Crippen molar-refractivity contribution in [2.24, 2.45) is 0 Å². The Labute approximate surface area is 96.9 Å². The molecule has 0 aromatic heterocycles. The Hall–Kier alpha value is -0.793. The predicted molar refractivity (Wildman–Crippen MR) is 71.8 cm³/mol. The van der Waals surface area contributed by atoms with Crippen LogP contribution in [0.3, 0.4) is 0 Å². The van der Waals surface area contributed by atoms with Gasteiger partial charge < -0.3 is 0 Å². The number of benzene rings is 2. The summed E-state index contributed by atoms with van der Waals surface area (Å²) in [5.74, 6) is 0. The quantitative estimate of drug-likeness (QED) is 0.551. The molecule has 0 radical (unpaired) electrons. The third-order valence-electron chi connectivity index (χ3n) is 2.87. The van der Waals surface area contributed by atoms with Crippen LogP contribution < -0.4 is 5.19 Å². The zero-order valence-corrected chi connectivity index (χ0v) is 10.9. The lowest BCUT2D eigenvalue weighted by atomic mass is 10.1. The molecule has 0 atom stereocenters. The summed E-state index contributed by atoms with van der Waals surface area (Å²) in [7, 11) is -1.41. The number of alkyl halides is 1. The van der Waals surface area contributed by atoms with Crippen LogP contribution in [0.15, 0.2) is 42.5 Å². The van der Waals surface area contributed by atoms with Crippen LogP contribution in [-0.2, 0) is 0 Å². The van der Waals surface area contributed by atoms with E-state index in [2.05, 4.69) is 55.6 Å². The van der Waals surface area contributed by atoms with Crippen molar-refractivity contribution in [2.75, 3.05) is 5.50 Å². The lowest BCUT2D eigenvalue weighted by molar-refractivity contribution is 1.68. The highest BCUT2D eigenvalue weighted by Crippen LogP contribution is 2.14.